The molecule has 61 heavy (non-hydrogen) atoms. The van der Waals surface area contributed by atoms with E-state index < -0.39 is 0 Å². The van der Waals surface area contributed by atoms with Crippen LogP contribution in [-0.2, 0) is 24.6 Å². The average molecular weight is 811 g/mol. The highest BCUT2D eigenvalue weighted by atomic mass is 16.5. The lowest BCUT2D eigenvalue weighted by molar-refractivity contribution is -0.125. The van der Waals surface area contributed by atoms with E-state index in [0.29, 0.717) is 34.4 Å². The fraction of sp³-hybridized carbons (Fsp3) is 0.321. The number of carbonyl (C=O) groups is 4. The molecule has 2 aliphatic heterocycles. The molecule has 0 aromatic heterocycles. The fourth-order valence-electron chi connectivity index (χ4n) is 11.8. The van der Waals surface area contributed by atoms with Crippen molar-refractivity contribution in [2.75, 3.05) is 9.80 Å². The molecule has 8 heteroatoms. The third kappa shape index (κ3) is 6.08. The van der Waals surface area contributed by atoms with Crippen molar-refractivity contribution in [3.63, 3.8) is 0 Å². The highest BCUT2D eigenvalue weighted by Gasteiger charge is 2.67. The minimum atomic E-state index is -0.320. The molecular formula is C53H50N2O6. The van der Waals surface area contributed by atoms with Crippen molar-refractivity contribution in [2.24, 2.45) is 46.3 Å². The summed E-state index contributed by atoms with van der Waals surface area (Å²) in [5.41, 5.74) is 2.55. The molecule has 0 radical (unpaired) electrons. The minimum absolute atomic E-state index is 0.0960. The van der Waals surface area contributed by atoms with Crippen LogP contribution in [0.25, 0.3) is 0 Å². The Morgan fingerprint density at radius 3 is 1.25 bits per heavy atom. The van der Waals surface area contributed by atoms with Crippen LogP contribution in [0.1, 0.15) is 63.5 Å². The highest BCUT2D eigenvalue weighted by Crippen LogP contribution is 2.63. The van der Waals surface area contributed by atoms with Gasteiger partial charge in [-0.15, -0.1) is 13.2 Å². The maximum absolute atomic E-state index is 13.8. The summed E-state index contributed by atoms with van der Waals surface area (Å²) in [5.74, 6) is 1.26. The summed E-state index contributed by atoms with van der Waals surface area (Å²) in [6.07, 6.45) is 17.5. The van der Waals surface area contributed by atoms with Crippen LogP contribution >= 0.6 is 0 Å². The van der Waals surface area contributed by atoms with Gasteiger partial charge in [0.15, 0.2) is 0 Å². The van der Waals surface area contributed by atoms with E-state index in [9.17, 15) is 19.2 Å². The first-order valence-corrected chi connectivity index (χ1v) is 21.6. The first-order valence-electron chi connectivity index (χ1n) is 21.6. The monoisotopic (exact) mass is 810 g/mol. The summed E-state index contributed by atoms with van der Waals surface area (Å²) in [6.45, 7) is 12.1. The number of imide groups is 2. The van der Waals surface area contributed by atoms with Crippen LogP contribution in [0.3, 0.4) is 0 Å². The lowest BCUT2D eigenvalue weighted by Gasteiger charge is -2.30. The normalized spacial score (nSPS) is 29.1. The van der Waals surface area contributed by atoms with E-state index in [1.54, 1.807) is 48.5 Å². The molecule has 2 saturated carbocycles. The molecule has 4 amide bonds. The van der Waals surface area contributed by atoms with Crippen LogP contribution in [-0.4, -0.2) is 23.6 Å². The lowest BCUT2D eigenvalue weighted by Crippen LogP contribution is -2.35. The molecule has 4 bridgehead atoms. The van der Waals surface area contributed by atoms with Gasteiger partial charge in [0.05, 0.1) is 35.0 Å². The molecule has 2 saturated heterocycles. The Bertz CT molecular complexity index is 2340. The van der Waals surface area contributed by atoms with Crippen LogP contribution < -0.4 is 19.3 Å². The summed E-state index contributed by atoms with van der Waals surface area (Å²) < 4.78 is 12.4. The van der Waals surface area contributed by atoms with Gasteiger partial charge in [-0.1, -0.05) is 74.6 Å². The second kappa shape index (κ2) is 14.4. The Morgan fingerprint density at radius 2 is 0.902 bits per heavy atom. The van der Waals surface area contributed by atoms with E-state index in [2.05, 4.69) is 75.6 Å². The largest absolute Gasteiger partial charge is 0.457 e. The molecule has 10 rings (SSSR count). The fourth-order valence-corrected chi connectivity index (χ4v) is 11.8. The molecule has 0 N–H and O–H groups in total. The van der Waals surface area contributed by atoms with Gasteiger partial charge in [-0.25, -0.2) is 0 Å². The van der Waals surface area contributed by atoms with E-state index in [1.165, 1.54) is 9.80 Å². The number of fused-ring (bicyclic) bond motifs is 10. The van der Waals surface area contributed by atoms with E-state index in [-0.39, 0.29) is 75.4 Å². The van der Waals surface area contributed by atoms with Gasteiger partial charge >= 0.3 is 0 Å². The van der Waals surface area contributed by atoms with Crippen molar-refractivity contribution in [3.05, 3.63) is 158 Å². The summed E-state index contributed by atoms with van der Waals surface area (Å²) in [7, 11) is 0. The van der Waals surface area contributed by atoms with Gasteiger partial charge in [-0.2, -0.15) is 0 Å². The predicted molar refractivity (Wildman–Crippen MR) is 235 cm³/mol. The average Bonchev–Trinajstić information content (AvgIpc) is 4.12. The van der Waals surface area contributed by atoms with Crippen molar-refractivity contribution < 1.29 is 28.7 Å². The number of hydrogen-bond acceptors (Lipinski definition) is 6. The minimum Gasteiger partial charge on any atom is -0.457 e. The molecule has 4 aromatic carbocycles. The third-order valence-corrected chi connectivity index (χ3v) is 14.9. The molecular weight excluding hydrogens is 761 g/mol. The van der Waals surface area contributed by atoms with Gasteiger partial charge in [0.1, 0.15) is 23.0 Å². The van der Waals surface area contributed by atoms with Crippen LogP contribution in [0.15, 0.2) is 147 Å². The van der Waals surface area contributed by atoms with Crippen LogP contribution in [0, 0.1) is 46.3 Å². The summed E-state index contributed by atoms with van der Waals surface area (Å²) in [4.78, 5) is 57.5. The van der Waals surface area contributed by atoms with Crippen molar-refractivity contribution in [2.45, 2.75) is 57.8 Å². The maximum atomic E-state index is 13.8. The van der Waals surface area contributed by atoms with Crippen LogP contribution in [0.2, 0.25) is 0 Å². The second-order valence-corrected chi connectivity index (χ2v) is 18.5. The SMILES string of the molecule is C=CCCC12C=CC(C1)C1C(=O)N(c3ccc(Oc4ccc(C(C)(C)c5ccc(Oc6ccc(N7C(=O)C8C9C=CC(CCC=C)(C9)C8C7=O)cc6)cc5)cc4)cc3)C(=O)C12. The highest BCUT2D eigenvalue weighted by molar-refractivity contribution is 6.24. The van der Waals surface area contributed by atoms with Gasteiger partial charge in [0.25, 0.3) is 0 Å². The number of nitrogens with zero attached hydrogens (tertiary/aromatic N) is 2. The van der Waals surface area contributed by atoms with E-state index >= 15 is 0 Å². The van der Waals surface area contributed by atoms with Gasteiger partial charge < -0.3 is 9.47 Å². The first-order chi connectivity index (χ1) is 29.5. The summed E-state index contributed by atoms with van der Waals surface area (Å²) in [6, 6.07) is 30.4. The van der Waals surface area contributed by atoms with Crippen molar-refractivity contribution >= 4 is 35.0 Å². The Labute approximate surface area is 357 Å². The number of amides is 4. The van der Waals surface area contributed by atoms with Crippen molar-refractivity contribution in [3.8, 4) is 23.0 Å². The molecule has 4 aliphatic carbocycles. The standard InChI is InChI=1S/C53H50N2O6/c1-5-7-27-52-29-25-33(31-52)43-45(52)49(58)54(47(43)56)37-13-21-41(22-14-37)60-39-17-9-35(10-18-39)51(3,4)36-11-19-40(20-12-36)61-42-23-15-38(16-24-42)55-48(57)44-34-26-30-53(32-34,28-8-6-2)46(44)50(55)59/h5-6,9-26,29-30,33-34,43-46H,1-2,7-8,27-28,31-32H2,3-4H3. The number of allylic oxidation sites excluding steroid dienone is 6. The number of rotatable bonds is 14. The first kappa shape index (κ1) is 38.9. The number of benzene rings is 4. The maximum Gasteiger partial charge on any atom is 0.238 e. The molecule has 8 atom stereocenters. The number of carbonyl (C=O) groups excluding carboxylic acids is 4. The number of ether oxygens (including phenoxy) is 2. The summed E-state index contributed by atoms with van der Waals surface area (Å²) >= 11 is 0. The number of hydrogen-bond donors (Lipinski definition) is 0. The van der Waals surface area contributed by atoms with E-state index in [4.69, 9.17) is 9.47 Å². The van der Waals surface area contributed by atoms with Crippen molar-refractivity contribution in [1.29, 1.82) is 0 Å². The smallest absolute Gasteiger partial charge is 0.238 e. The molecule has 0 spiro atoms. The van der Waals surface area contributed by atoms with E-state index in [0.717, 1.165) is 49.7 Å². The van der Waals surface area contributed by atoms with Crippen LogP contribution in [0.4, 0.5) is 11.4 Å². The third-order valence-electron chi connectivity index (χ3n) is 14.9. The van der Waals surface area contributed by atoms with Gasteiger partial charge in [0, 0.05) is 16.2 Å². The Kier molecular flexibility index (Phi) is 9.20. The van der Waals surface area contributed by atoms with Gasteiger partial charge in [0.2, 0.25) is 23.6 Å². The molecule has 8 unspecified atom stereocenters. The van der Waals surface area contributed by atoms with E-state index in [1.807, 2.05) is 36.4 Å². The molecule has 4 aromatic rings. The topological polar surface area (TPSA) is 93.2 Å². The molecule has 6 aliphatic rings. The summed E-state index contributed by atoms with van der Waals surface area (Å²) in [5, 5.41) is 0. The molecule has 308 valence electrons. The zero-order valence-corrected chi connectivity index (χ0v) is 34.7. The zero-order valence-electron chi connectivity index (χ0n) is 34.7. The molecule has 4 fully saturated rings. The lowest BCUT2D eigenvalue weighted by atomic mass is 9.72. The van der Waals surface area contributed by atoms with Crippen molar-refractivity contribution in [1.82, 2.24) is 0 Å². The zero-order chi connectivity index (χ0) is 42.3. The Balaban J connectivity index is 0.759. The Hall–Kier alpha value is -6.28. The molecule has 8 nitrogen and oxygen atoms in total. The quantitative estimate of drug-likeness (QED) is 0.0930. The van der Waals surface area contributed by atoms with Gasteiger partial charge in [-0.3, -0.25) is 29.0 Å². The second-order valence-electron chi connectivity index (χ2n) is 18.5. The Morgan fingerprint density at radius 1 is 0.557 bits per heavy atom. The predicted octanol–water partition coefficient (Wildman–Crippen LogP) is 10.9. The van der Waals surface area contributed by atoms with Crippen LogP contribution in [0.5, 0.6) is 23.0 Å². The number of anilines is 2. The van der Waals surface area contributed by atoms with Gasteiger partial charge in [-0.05, 0) is 134 Å². The molecule has 2 heterocycles.